The maximum Gasteiger partial charge on any atom is 0.0993 e. The summed E-state index contributed by atoms with van der Waals surface area (Å²) in [4.78, 5) is 0. The topological polar surface area (TPSA) is 57.0 Å². The van der Waals surface area contributed by atoms with Gasteiger partial charge in [0.05, 0.1) is 17.1 Å². The van der Waals surface area contributed by atoms with Crippen LogP contribution in [0.5, 0.6) is 0 Å². The Hall–Kier alpha value is -1.36. The number of hydrogen-bond acceptors (Lipinski definition) is 4. The third-order valence-electron chi connectivity index (χ3n) is 1.87. The van der Waals surface area contributed by atoms with Crippen LogP contribution in [0.1, 0.15) is 13.8 Å². The Bertz CT molecular complexity index is 384. The van der Waals surface area contributed by atoms with Gasteiger partial charge in [0, 0.05) is 4.47 Å². The van der Waals surface area contributed by atoms with Gasteiger partial charge in [-0.2, -0.15) is 5.10 Å². The molecule has 4 nitrogen and oxygen atoms in total. The molecule has 0 amide bonds. The molecular formula is C10H12BrN3O. The lowest BCUT2D eigenvalue weighted by Crippen LogP contribution is -2.07. The SMILES string of the molecule is CC(=N\O)/C(C)=N/Nc1ccc(Br)cc1. The molecule has 2 N–H and O–H groups in total. The molecule has 0 aliphatic carbocycles. The van der Waals surface area contributed by atoms with Crippen molar-refractivity contribution in [3.05, 3.63) is 28.7 Å². The summed E-state index contributed by atoms with van der Waals surface area (Å²) in [5.41, 5.74) is 4.87. The van der Waals surface area contributed by atoms with Crippen LogP contribution in [0.25, 0.3) is 0 Å². The Balaban J connectivity index is 2.68. The quantitative estimate of drug-likeness (QED) is 0.503. The van der Waals surface area contributed by atoms with Crippen LogP contribution in [0.15, 0.2) is 39.0 Å². The lowest BCUT2D eigenvalue weighted by molar-refractivity contribution is 0.320. The molecular weight excluding hydrogens is 258 g/mol. The van der Waals surface area contributed by atoms with Crippen molar-refractivity contribution in [1.29, 1.82) is 0 Å². The van der Waals surface area contributed by atoms with Crippen molar-refractivity contribution in [2.45, 2.75) is 13.8 Å². The maximum atomic E-state index is 8.51. The number of hydrazone groups is 1. The van der Waals surface area contributed by atoms with Gasteiger partial charge in [-0.25, -0.2) is 0 Å². The fourth-order valence-corrected chi connectivity index (χ4v) is 1.09. The fourth-order valence-electron chi connectivity index (χ4n) is 0.826. The Morgan fingerprint density at radius 2 is 1.80 bits per heavy atom. The molecule has 0 radical (unpaired) electrons. The van der Waals surface area contributed by atoms with Crippen molar-refractivity contribution < 1.29 is 5.21 Å². The van der Waals surface area contributed by atoms with Crippen LogP contribution in [-0.2, 0) is 0 Å². The average Bonchev–Trinajstić information content (AvgIpc) is 2.26. The van der Waals surface area contributed by atoms with Crippen LogP contribution in [0.4, 0.5) is 5.69 Å². The minimum atomic E-state index is 0.486. The van der Waals surface area contributed by atoms with E-state index in [1.165, 1.54) is 0 Å². The molecule has 80 valence electrons. The smallest absolute Gasteiger partial charge is 0.0993 e. The highest BCUT2D eigenvalue weighted by molar-refractivity contribution is 9.10. The van der Waals surface area contributed by atoms with Crippen molar-refractivity contribution in [2.24, 2.45) is 10.3 Å². The highest BCUT2D eigenvalue weighted by Crippen LogP contribution is 2.13. The van der Waals surface area contributed by atoms with Crippen LogP contribution in [0.2, 0.25) is 0 Å². The van der Waals surface area contributed by atoms with Gasteiger partial charge in [-0.05, 0) is 38.1 Å². The highest BCUT2D eigenvalue weighted by atomic mass is 79.9. The van der Waals surface area contributed by atoms with Crippen molar-refractivity contribution in [1.82, 2.24) is 0 Å². The molecule has 0 aliphatic heterocycles. The molecule has 5 heteroatoms. The van der Waals surface area contributed by atoms with Gasteiger partial charge in [0.1, 0.15) is 0 Å². The van der Waals surface area contributed by atoms with Crippen molar-refractivity contribution in [3.63, 3.8) is 0 Å². The first kappa shape index (κ1) is 11.7. The number of halogens is 1. The third-order valence-corrected chi connectivity index (χ3v) is 2.40. The Morgan fingerprint density at radius 3 is 2.33 bits per heavy atom. The minimum absolute atomic E-state index is 0.486. The molecule has 0 unspecified atom stereocenters. The van der Waals surface area contributed by atoms with Gasteiger partial charge >= 0.3 is 0 Å². The molecule has 0 saturated heterocycles. The monoisotopic (exact) mass is 269 g/mol. The zero-order valence-electron chi connectivity index (χ0n) is 8.53. The van der Waals surface area contributed by atoms with Crippen LogP contribution in [-0.4, -0.2) is 16.6 Å². The second-order valence-electron chi connectivity index (χ2n) is 3.00. The lowest BCUT2D eigenvalue weighted by atomic mass is 10.3. The molecule has 1 aromatic rings. The van der Waals surface area contributed by atoms with E-state index in [0.717, 1.165) is 10.2 Å². The van der Waals surface area contributed by atoms with E-state index in [4.69, 9.17) is 5.21 Å². The predicted molar refractivity (Wildman–Crippen MR) is 65.8 cm³/mol. The largest absolute Gasteiger partial charge is 0.411 e. The summed E-state index contributed by atoms with van der Waals surface area (Å²) in [7, 11) is 0. The zero-order chi connectivity index (χ0) is 11.3. The number of rotatable bonds is 3. The summed E-state index contributed by atoms with van der Waals surface area (Å²) in [5.74, 6) is 0. The van der Waals surface area contributed by atoms with Crippen LogP contribution in [0.3, 0.4) is 0 Å². The zero-order valence-corrected chi connectivity index (χ0v) is 10.1. The first-order valence-corrected chi connectivity index (χ1v) is 5.17. The summed E-state index contributed by atoms with van der Waals surface area (Å²) in [6.45, 7) is 3.45. The van der Waals surface area contributed by atoms with Gasteiger partial charge in [0.25, 0.3) is 0 Å². The summed E-state index contributed by atoms with van der Waals surface area (Å²) in [5, 5.41) is 15.6. The van der Waals surface area contributed by atoms with E-state index in [1.807, 2.05) is 24.3 Å². The molecule has 1 aromatic carbocycles. The molecule has 0 saturated carbocycles. The molecule has 1 rings (SSSR count). The molecule has 0 atom stereocenters. The highest BCUT2D eigenvalue weighted by Gasteiger charge is 1.96. The second-order valence-corrected chi connectivity index (χ2v) is 3.92. The number of anilines is 1. The van der Waals surface area contributed by atoms with Crippen molar-refractivity contribution in [2.75, 3.05) is 5.43 Å². The van der Waals surface area contributed by atoms with E-state index < -0.39 is 0 Å². The van der Waals surface area contributed by atoms with Crippen LogP contribution >= 0.6 is 15.9 Å². The molecule has 15 heavy (non-hydrogen) atoms. The summed E-state index contributed by atoms with van der Waals surface area (Å²) in [6.07, 6.45) is 0. The number of benzene rings is 1. The molecule has 0 bridgehead atoms. The van der Waals surface area contributed by atoms with Gasteiger partial charge in [0.15, 0.2) is 0 Å². The van der Waals surface area contributed by atoms with E-state index >= 15 is 0 Å². The van der Waals surface area contributed by atoms with E-state index in [0.29, 0.717) is 11.4 Å². The van der Waals surface area contributed by atoms with Gasteiger partial charge in [0.2, 0.25) is 0 Å². The lowest BCUT2D eigenvalue weighted by Gasteiger charge is -2.02. The number of hydrogen-bond donors (Lipinski definition) is 2. The van der Waals surface area contributed by atoms with Crippen molar-refractivity contribution >= 4 is 33.0 Å². The standard InChI is InChI=1S/C10H12BrN3O/c1-7(8(2)14-15)12-13-10-5-3-9(11)4-6-10/h3-6,13,15H,1-2H3/b12-7+,14-8+. The van der Waals surface area contributed by atoms with Gasteiger partial charge in [-0.1, -0.05) is 21.1 Å². The normalized spacial score (nSPS) is 12.7. The third kappa shape index (κ3) is 3.71. The minimum Gasteiger partial charge on any atom is -0.411 e. The van der Waals surface area contributed by atoms with Gasteiger partial charge < -0.3 is 5.21 Å². The average molecular weight is 270 g/mol. The molecule has 0 aromatic heterocycles. The number of nitrogens with one attached hydrogen (secondary N) is 1. The van der Waals surface area contributed by atoms with E-state index in [-0.39, 0.29) is 0 Å². The Morgan fingerprint density at radius 1 is 1.20 bits per heavy atom. The predicted octanol–water partition coefficient (Wildman–Crippen LogP) is 3.09. The maximum absolute atomic E-state index is 8.51. The molecule has 0 aliphatic rings. The second kappa shape index (κ2) is 5.50. The summed E-state index contributed by atoms with van der Waals surface area (Å²) in [6, 6.07) is 7.62. The Labute approximate surface area is 96.8 Å². The van der Waals surface area contributed by atoms with Crippen LogP contribution < -0.4 is 5.43 Å². The Kier molecular flexibility index (Phi) is 4.30. The first-order valence-electron chi connectivity index (χ1n) is 4.38. The molecule has 0 fully saturated rings. The van der Waals surface area contributed by atoms with E-state index in [2.05, 4.69) is 31.6 Å². The fraction of sp³-hybridized carbons (Fsp3) is 0.200. The number of oxime groups is 1. The van der Waals surface area contributed by atoms with Crippen molar-refractivity contribution in [3.8, 4) is 0 Å². The van der Waals surface area contributed by atoms with E-state index in [1.54, 1.807) is 13.8 Å². The summed E-state index contributed by atoms with van der Waals surface area (Å²) < 4.78 is 1.02. The first-order chi connectivity index (χ1) is 7.13. The number of nitrogens with zero attached hydrogens (tertiary/aromatic N) is 2. The van der Waals surface area contributed by atoms with Gasteiger partial charge in [-0.15, -0.1) is 0 Å². The molecule has 0 spiro atoms. The molecule has 0 heterocycles. The summed E-state index contributed by atoms with van der Waals surface area (Å²) >= 11 is 3.34. The van der Waals surface area contributed by atoms with Crippen LogP contribution in [0, 0.1) is 0 Å². The van der Waals surface area contributed by atoms with E-state index in [9.17, 15) is 0 Å². The van der Waals surface area contributed by atoms with Gasteiger partial charge in [-0.3, -0.25) is 5.43 Å².